The Labute approximate surface area is 61.4 Å². The van der Waals surface area contributed by atoms with Crippen molar-refractivity contribution < 1.29 is 10.2 Å². The maximum atomic E-state index is 8.99. The molecule has 10 heavy (non-hydrogen) atoms. The van der Waals surface area contributed by atoms with Crippen LogP contribution in [0.3, 0.4) is 0 Å². The van der Waals surface area contributed by atoms with E-state index in [1.54, 1.807) is 0 Å². The van der Waals surface area contributed by atoms with Crippen LogP contribution in [0.15, 0.2) is 12.7 Å². The molecule has 0 aromatic heterocycles. The van der Waals surface area contributed by atoms with Crippen molar-refractivity contribution >= 4 is 0 Å². The van der Waals surface area contributed by atoms with E-state index in [1.165, 1.54) is 0 Å². The summed E-state index contributed by atoms with van der Waals surface area (Å²) in [6, 6.07) is 0. The first-order valence-electron chi connectivity index (χ1n) is 3.14. The third-order valence-corrected chi connectivity index (χ3v) is 0.844. The summed E-state index contributed by atoms with van der Waals surface area (Å²) < 4.78 is 0. The Hall–Kier alpha value is -0.380. The summed E-state index contributed by atoms with van der Waals surface area (Å²) in [6.07, 6.45) is 1.04. The predicted octanol–water partition coefficient (Wildman–Crippen LogP) is 0.199. The van der Waals surface area contributed by atoms with Gasteiger partial charge in [-0.3, -0.25) is 5.32 Å². The van der Waals surface area contributed by atoms with Crippen LogP contribution in [0.4, 0.5) is 0 Å². The zero-order chi connectivity index (χ0) is 8.41. The average Bonchev–Trinajstić information content (AvgIpc) is 1.60. The summed E-state index contributed by atoms with van der Waals surface area (Å²) >= 11 is 0. The maximum absolute atomic E-state index is 8.99. The topological polar surface area (TPSA) is 52.5 Å². The van der Waals surface area contributed by atoms with E-state index in [4.69, 9.17) is 10.2 Å². The fourth-order valence-corrected chi connectivity index (χ4v) is 0.603. The lowest BCUT2D eigenvalue weighted by Gasteiger charge is -2.29. The first-order valence-corrected chi connectivity index (χ1v) is 3.14. The van der Waals surface area contributed by atoms with Gasteiger partial charge in [0.25, 0.3) is 0 Å². The minimum atomic E-state index is -1.96. The Bertz CT molecular complexity index is 124. The van der Waals surface area contributed by atoms with Crippen molar-refractivity contribution in [3.63, 3.8) is 0 Å². The lowest BCUT2D eigenvalue weighted by Crippen LogP contribution is -2.52. The van der Waals surface area contributed by atoms with Gasteiger partial charge in [-0.1, -0.05) is 6.58 Å². The molecule has 3 N–H and O–H groups in total. The van der Waals surface area contributed by atoms with Gasteiger partial charge in [0.1, 0.15) is 0 Å². The van der Waals surface area contributed by atoms with E-state index in [-0.39, 0.29) is 5.54 Å². The van der Waals surface area contributed by atoms with Gasteiger partial charge in [-0.25, -0.2) is 0 Å². The van der Waals surface area contributed by atoms with Gasteiger partial charge in [0.15, 0.2) is 0 Å². The zero-order valence-corrected chi connectivity index (χ0v) is 6.68. The highest BCUT2D eigenvalue weighted by atomic mass is 16.5. The number of rotatable bonds is 2. The second-order valence-electron chi connectivity index (χ2n) is 3.31. The van der Waals surface area contributed by atoms with Crippen LogP contribution in [0.5, 0.6) is 0 Å². The Morgan fingerprint density at radius 2 is 1.70 bits per heavy atom. The molecule has 60 valence electrons. The van der Waals surface area contributed by atoms with E-state index in [0.717, 1.165) is 6.08 Å². The molecular weight excluding hydrogens is 130 g/mol. The molecule has 0 saturated heterocycles. The summed E-state index contributed by atoms with van der Waals surface area (Å²) in [5.41, 5.74) is -0.336. The Kier molecular flexibility index (Phi) is 2.60. The summed E-state index contributed by atoms with van der Waals surface area (Å²) in [4.78, 5) is 0. The molecule has 0 atom stereocenters. The molecule has 0 aliphatic rings. The molecule has 0 radical (unpaired) electrons. The molecule has 0 fully saturated rings. The molecule has 3 heteroatoms. The van der Waals surface area contributed by atoms with Crippen LogP contribution in [0.1, 0.15) is 20.8 Å². The van der Waals surface area contributed by atoms with E-state index >= 15 is 0 Å². The molecule has 0 aromatic carbocycles. The Morgan fingerprint density at radius 3 is 1.80 bits per heavy atom. The van der Waals surface area contributed by atoms with Gasteiger partial charge in [-0.05, 0) is 26.8 Å². The first-order chi connectivity index (χ1) is 4.27. The number of nitrogens with one attached hydrogen (secondary N) is 1. The van der Waals surface area contributed by atoms with Gasteiger partial charge in [-0.15, -0.1) is 0 Å². The molecule has 0 aliphatic carbocycles. The van der Waals surface area contributed by atoms with E-state index in [9.17, 15) is 0 Å². The molecular formula is C7H15NO2. The quantitative estimate of drug-likeness (QED) is 0.384. The second kappa shape index (κ2) is 2.70. The molecule has 0 saturated carbocycles. The molecule has 0 aliphatic heterocycles. The Balaban J connectivity index is 4.01. The van der Waals surface area contributed by atoms with Gasteiger partial charge in [0.2, 0.25) is 5.91 Å². The van der Waals surface area contributed by atoms with E-state index in [2.05, 4.69) is 11.9 Å². The maximum Gasteiger partial charge on any atom is 0.243 e. The van der Waals surface area contributed by atoms with E-state index in [0.29, 0.717) is 0 Å². The van der Waals surface area contributed by atoms with Crippen molar-refractivity contribution in [3.05, 3.63) is 12.7 Å². The van der Waals surface area contributed by atoms with Crippen molar-refractivity contribution in [2.24, 2.45) is 0 Å². The summed E-state index contributed by atoms with van der Waals surface area (Å²) in [6.45, 7) is 8.75. The van der Waals surface area contributed by atoms with Crippen molar-refractivity contribution in [2.45, 2.75) is 32.2 Å². The fraction of sp³-hybridized carbons (Fsp3) is 0.714. The van der Waals surface area contributed by atoms with Crippen LogP contribution in [-0.4, -0.2) is 21.7 Å². The van der Waals surface area contributed by atoms with Gasteiger partial charge < -0.3 is 10.2 Å². The summed E-state index contributed by atoms with van der Waals surface area (Å²) in [7, 11) is 0. The second-order valence-corrected chi connectivity index (χ2v) is 3.31. The lowest BCUT2D eigenvalue weighted by molar-refractivity contribution is -0.156. The lowest BCUT2D eigenvalue weighted by atomic mass is 10.1. The standard InChI is InChI=1S/C7H15NO2/c1-5-7(9,10)8-6(2,3)4/h5,8-10H,1H2,2-4H3. The highest BCUT2D eigenvalue weighted by Crippen LogP contribution is 2.05. The third kappa shape index (κ3) is 4.49. The van der Waals surface area contributed by atoms with Crippen LogP contribution >= 0.6 is 0 Å². The SMILES string of the molecule is C=CC(O)(O)NC(C)(C)C. The molecule has 0 bridgehead atoms. The van der Waals surface area contributed by atoms with Crippen molar-refractivity contribution in [2.75, 3.05) is 0 Å². The van der Waals surface area contributed by atoms with Crippen LogP contribution in [0, 0.1) is 0 Å². The Morgan fingerprint density at radius 1 is 1.30 bits per heavy atom. The van der Waals surface area contributed by atoms with Gasteiger partial charge in [0.05, 0.1) is 0 Å². The van der Waals surface area contributed by atoms with Crippen LogP contribution in [0.2, 0.25) is 0 Å². The van der Waals surface area contributed by atoms with Gasteiger partial charge >= 0.3 is 0 Å². The van der Waals surface area contributed by atoms with E-state index in [1.807, 2.05) is 20.8 Å². The van der Waals surface area contributed by atoms with Crippen molar-refractivity contribution in [3.8, 4) is 0 Å². The highest BCUT2D eigenvalue weighted by molar-refractivity contribution is 4.88. The predicted molar refractivity (Wildman–Crippen MR) is 40.3 cm³/mol. The zero-order valence-electron chi connectivity index (χ0n) is 6.68. The number of hydrogen-bond acceptors (Lipinski definition) is 3. The average molecular weight is 145 g/mol. The third-order valence-electron chi connectivity index (χ3n) is 0.844. The van der Waals surface area contributed by atoms with E-state index < -0.39 is 5.91 Å². The monoisotopic (exact) mass is 145 g/mol. The minimum absolute atomic E-state index is 0.336. The molecule has 0 unspecified atom stereocenters. The summed E-state index contributed by atoms with van der Waals surface area (Å²) in [5.74, 6) is -1.96. The molecule has 0 heterocycles. The minimum Gasteiger partial charge on any atom is -0.350 e. The highest BCUT2D eigenvalue weighted by Gasteiger charge is 2.24. The van der Waals surface area contributed by atoms with Crippen LogP contribution in [-0.2, 0) is 0 Å². The fourth-order valence-electron chi connectivity index (χ4n) is 0.603. The van der Waals surface area contributed by atoms with Crippen molar-refractivity contribution in [1.29, 1.82) is 0 Å². The molecule has 0 rings (SSSR count). The smallest absolute Gasteiger partial charge is 0.243 e. The van der Waals surface area contributed by atoms with Gasteiger partial charge in [0, 0.05) is 5.54 Å². The normalized spacial score (nSPS) is 13.3. The number of hydrogen-bond donors (Lipinski definition) is 3. The molecule has 0 amide bonds. The molecule has 3 nitrogen and oxygen atoms in total. The van der Waals surface area contributed by atoms with Gasteiger partial charge in [-0.2, -0.15) is 0 Å². The van der Waals surface area contributed by atoms with Crippen LogP contribution < -0.4 is 5.32 Å². The van der Waals surface area contributed by atoms with Crippen LogP contribution in [0.25, 0.3) is 0 Å². The number of aliphatic hydroxyl groups is 2. The largest absolute Gasteiger partial charge is 0.350 e. The first kappa shape index (κ1) is 9.62. The molecule has 0 aromatic rings. The molecule has 0 spiro atoms. The summed E-state index contributed by atoms with van der Waals surface area (Å²) in [5, 5.41) is 20.5. The van der Waals surface area contributed by atoms with Crippen molar-refractivity contribution in [1.82, 2.24) is 5.32 Å².